The molecule has 5 heteroatoms. The highest BCUT2D eigenvalue weighted by molar-refractivity contribution is 6.92. The number of allylic oxidation sites excluding steroid dienone is 1. The first-order valence-corrected chi connectivity index (χ1v) is 5.19. The van der Waals surface area contributed by atoms with Gasteiger partial charge >= 0.3 is 8.80 Å². The summed E-state index contributed by atoms with van der Waals surface area (Å²) in [6, 6.07) is 0. The lowest BCUT2D eigenvalue weighted by atomic mass is 10.5. The fourth-order valence-electron chi connectivity index (χ4n) is 0.848. The van der Waals surface area contributed by atoms with Crippen LogP contribution in [0.3, 0.4) is 0 Å². The van der Waals surface area contributed by atoms with Crippen molar-refractivity contribution in [3.05, 3.63) is 12.7 Å². The minimum atomic E-state index is -3.05. The Morgan fingerprint density at radius 2 is 1.75 bits per heavy atom. The van der Waals surface area contributed by atoms with E-state index in [2.05, 4.69) is 6.58 Å². The van der Waals surface area contributed by atoms with Crippen LogP contribution >= 0.6 is 0 Å². The van der Waals surface area contributed by atoms with Crippen molar-refractivity contribution in [2.75, 3.05) is 21.3 Å². The molecule has 4 nitrogen and oxygen atoms in total. The molecular weight excluding hydrogens is 176 g/mol. The second-order valence-electron chi connectivity index (χ2n) is 2.08. The fraction of sp³-hybridized carbons (Fsp3) is 0.571. The monoisotopic (exact) mass is 190 g/mol. The first-order chi connectivity index (χ1) is 5.66. The van der Waals surface area contributed by atoms with E-state index in [1.807, 2.05) is 0 Å². The molecule has 0 amide bonds. The van der Waals surface area contributed by atoms with Crippen LogP contribution in [0.5, 0.6) is 0 Å². The molecule has 0 aromatic carbocycles. The molecule has 0 rings (SSSR count). The lowest BCUT2D eigenvalue weighted by Crippen LogP contribution is -2.51. The fourth-order valence-corrected chi connectivity index (χ4v) is 2.42. The summed E-state index contributed by atoms with van der Waals surface area (Å²) in [6.45, 7) is 3.45. The Hall–Kier alpha value is -0.493. The second kappa shape index (κ2) is 5.21. The van der Waals surface area contributed by atoms with Crippen molar-refractivity contribution < 1.29 is 18.1 Å². The van der Waals surface area contributed by atoms with Crippen LogP contribution in [0.1, 0.15) is 6.42 Å². The minimum Gasteiger partial charge on any atom is -0.372 e. The number of rotatable bonds is 6. The zero-order chi connectivity index (χ0) is 9.61. The van der Waals surface area contributed by atoms with Gasteiger partial charge in [-0.05, 0) is 0 Å². The zero-order valence-electron chi connectivity index (χ0n) is 7.62. The smallest absolute Gasteiger partial charge is 0.372 e. The van der Waals surface area contributed by atoms with E-state index in [0.29, 0.717) is 0 Å². The molecule has 0 aliphatic heterocycles. The van der Waals surface area contributed by atoms with Crippen molar-refractivity contribution in [3.63, 3.8) is 0 Å². The zero-order valence-corrected chi connectivity index (χ0v) is 8.62. The van der Waals surface area contributed by atoms with E-state index >= 15 is 0 Å². The van der Waals surface area contributed by atoms with Crippen molar-refractivity contribution in [1.82, 2.24) is 0 Å². The van der Waals surface area contributed by atoms with Gasteiger partial charge in [-0.2, -0.15) is 0 Å². The average molecular weight is 190 g/mol. The number of hydrogen-bond acceptors (Lipinski definition) is 4. The molecule has 0 N–H and O–H groups in total. The highest BCUT2D eigenvalue weighted by Crippen LogP contribution is 2.09. The Morgan fingerprint density at radius 3 is 2.00 bits per heavy atom. The molecule has 0 saturated carbocycles. The number of carbonyl (C=O) groups is 1. The third kappa shape index (κ3) is 2.24. The van der Waals surface area contributed by atoms with Gasteiger partial charge in [0.15, 0.2) is 0 Å². The largest absolute Gasteiger partial charge is 0.574 e. The van der Waals surface area contributed by atoms with Gasteiger partial charge in [-0.15, -0.1) is 6.58 Å². The molecule has 0 aromatic heterocycles. The molecule has 0 atom stereocenters. The quantitative estimate of drug-likeness (QED) is 0.453. The van der Waals surface area contributed by atoms with Crippen molar-refractivity contribution in [3.8, 4) is 0 Å². The van der Waals surface area contributed by atoms with Crippen molar-refractivity contribution in [1.29, 1.82) is 0 Å². The third-order valence-corrected chi connectivity index (χ3v) is 3.98. The Morgan fingerprint density at radius 1 is 1.33 bits per heavy atom. The van der Waals surface area contributed by atoms with Crippen molar-refractivity contribution >= 4 is 14.2 Å². The molecule has 12 heavy (non-hydrogen) atoms. The first kappa shape index (κ1) is 11.5. The van der Waals surface area contributed by atoms with E-state index < -0.39 is 8.80 Å². The maximum Gasteiger partial charge on any atom is 0.574 e. The van der Waals surface area contributed by atoms with Gasteiger partial charge in [0.25, 0.3) is 0 Å². The summed E-state index contributed by atoms with van der Waals surface area (Å²) >= 11 is 0. The Kier molecular flexibility index (Phi) is 4.99. The normalized spacial score (nSPS) is 11.2. The molecule has 0 spiro atoms. The summed E-state index contributed by atoms with van der Waals surface area (Å²) in [5.41, 5.74) is 0. The molecule has 0 aliphatic rings. The summed E-state index contributed by atoms with van der Waals surface area (Å²) in [4.78, 5) is 11.4. The van der Waals surface area contributed by atoms with Crippen LogP contribution < -0.4 is 0 Å². The average Bonchev–Trinajstić information content (AvgIpc) is 2.09. The van der Waals surface area contributed by atoms with E-state index in [1.165, 1.54) is 27.4 Å². The molecule has 70 valence electrons. The van der Waals surface area contributed by atoms with E-state index in [4.69, 9.17) is 13.3 Å². The Bertz CT molecular complexity index is 157. The van der Waals surface area contributed by atoms with E-state index in [0.717, 1.165) is 0 Å². The third-order valence-electron chi connectivity index (χ3n) is 1.48. The summed E-state index contributed by atoms with van der Waals surface area (Å²) in [7, 11) is 1.16. The van der Waals surface area contributed by atoms with Crippen LogP contribution in [0.25, 0.3) is 0 Å². The van der Waals surface area contributed by atoms with Crippen LogP contribution in [-0.2, 0) is 18.1 Å². The standard InChI is InChI=1S/C7H14O4Si/c1-5-6-7(8)12(9-2,10-3)11-4/h5H,1,6H2,2-4H3. The number of carbonyl (C=O) groups excluding carboxylic acids is 1. The predicted octanol–water partition coefficient (Wildman–Crippen LogP) is 0.549. The second-order valence-corrected chi connectivity index (χ2v) is 4.98. The van der Waals surface area contributed by atoms with E-state index in [9.17, 15) is 4.79 Å². The van der Waals surface area contributed by atoms with E-state index in [1.54, 1.807) is 0 Å². The molecule has 0 heterocycles. The van der Waals surface area contributed by atoms with Crippen LogP contribution in [0, 0.1) is 0 Å². The molecule has 0 aliphatic carbocycles. The van der Waals surface area contributed by atoms with Gasteiger partial charge in [0, 0.05) is 27.8 Å². The Labute approximate surface area is 73.5 Å². The maximum absolute atomic E-state index is 11.4. The maximum atomic E-state index is 11.4. The molecule has 0 bridgehead atoms. The summed E-state index contributed by atoms with van der Waals surface area (Å²) in [5.74, 6) is 0. The van der Waals surface area contributed by atoms with Crippen molar-refractivity contribution in [2.45, 2.75) is 6.42 Å². The number of hydrogen-bond donors (Lipinski definition) is 0. The van der Waals surface area contributed by atoms with Gasteiger partial charge in [0.2, 0.25) is 5.41 Å². The summed E-state index contributed by atoms with van der Waals surface area (Å²) in [5, 5.41) is -0.176. The predicted molar refractivity (Wildman–Crippen MR) is 46.6 cm³/mol. The van der Waals surface area contributed by atoms with Gasteiger partial charge < -0.3 is 13.3 Å². The minimum absolute atomic E-state index is 0.176. The van der Waals surface area contributed by atoms with Gasteiger partial charge in [-0.25, -0.2) is 0 Å². The van der Waals surface area contributed by atoms with E-state index in [-0.39, 0.29) is 11.8 Å². The van der Waals surface area contributed by atoms with Crippen LogP contribution in [0.15, 0.2) is 12.7 Å². The van der Waals surface area contributed by atoms with Crippen LogP contribution in [0.2, 0.25) is 0 Å². The van der Waals surface area contributed by atoms with Crippen LogP contribution in [0.4, 0.5) is 0 Å². The lowest BCUT2D eigenvalue weighted by Gasteiger charge is -2.21. The van der Waals surface area contributed by atoms with Gasteiger partial charge in [-0.3, -0.25) is 4.79 Å². The highest BCUT2D eigenvalue weighted by Gasteiger charge is 2.46. The molecular formula is C7H14O4Si. The summed E-state index contributed by atoms with van der Waals surface area (Å²) in [6.07, 6.45) is 1.71. The molecule has 0 aromatic rings. The molecule has 0 saturated heterocycles. The SMILES string of the molecule is C=CCC(=O)[Si](OC)(OC)OC. The van der Waals surface area contributed by atoms with Crippen LogP contribution in [-0.4, -0.2) is 35.5 Å². The molecule has 0 radical (unpaired) electrons. The molecule has 0 fully saturated rings. The first-order valence-electron chi connectivity index (χ1n) is 3.46. The summed E-state index contributed by atoms with van der Waals surface area (Å²) < 4.78 is 14.8. The van der Waals surface area contributed by atoms with Gasteiger partial charge in [0.1, 0.15) is 0 Å². The topological polar surface area (TPSA) is 44.8 Å². The van der Waals surface area contributed by atoms with Gasteiger partial charge in [0.05, 0.1) is 0 Å². The molecule has 0 unspecified atom stereocenters. The Balaban J connectivity index is 4.46. The lowest BCUT2D eigenvalue weighted by molar-refractivity contribution is -0.117. The van der Waals surface area contributed by atoms with Crippen molar-refractivity contribution in [2.24, 2.45) is 0 Å². The highest BCUT2D eigenvalue weighted by atomic mass is 28.4. The van der Waals surface area contributed by atoms with Gasteiger partial charge in [-0.1, -0.05) is 6.08 Å².